The van der Waals surface area contributed by atoms with Crippen molar-refractivity contribution >= 4 is 38.4 Å². The molecule has 23 heavy (non-hydrogen) atoms. The Morgan fingerprint density at radius 2 is 1.96 bits per heavy atom. The molecule has 0 bridgehead atoms. The zero-order valence-electron chi connectivity index (χ0n) is 12.6. The highest BCUT2D eigenvalue weighted by Gasteiger charge is 2.12. The van der Waals surface area contributed by atoms with Crippen LogP contribution < -0.4 is 10.3 Å². The first-order valence-electron chi connectivity index (χ1n) is 6.98. The number of nitrogens with zero attached hydrogens (tertiary/aromatic N) is 2. The van der Waals surface area contributed by atoms with Crippen LogP contribution in [0.2, 0.25) is 5.02 Å². The Hall–Kier alpha value is -1.85. The van der Waals surface area contributed by atoms with Gasteiger partial charge in [-0.1, -0.05) is 23.7 Å². The minimum absolute atomic E-state index is 0.0896. The average Bonchev–Trinajstić information content (AvgIpc) is 2.53. The van der Waals surface area contributed by atoms with Gasteiger partial charge >= 0.3 is 0 Å². The number of rotatable bonds is 3. The van der Waals surface area contributed by atoms with Gasteiger partial charge in [-0.05, 0) is 52.7 Å². The Balaban J connectivity index is 2.15. The van der Waals surface area contributed by atoms with E-state index in [0.717, 1.165) is 10.0 Å². The third-order valence-corrected chi connectivity index (χ3v) is 4.54. The predicted molar refractivity (Wildman–Crippen MR) is 95.5 cm³/mol. The molecule has 0 radical (unpaired) electrons. The second kappa shape index (κ2) is 6.34. The Labute approximate surface area is 146 Å². The lowest BCUT2D eigenvalue weighted by atomic mass is 10.2. The highest BCUT2D eigenvalue weighted by atomic mass is 79.9. The molecular formula is C17H14BrClN2O2. The monoisotopic (exact) mass is 392 g/mol. The number of aryl methyl sites for hydroxylation is 1. The molecule has 2 aromatic carbocycles. The van der Waals surface area contributed by atoms with E-state index in [1.165, 1.54) is 0 Å². The largest absolute Gasteiger partial charge is 0.496 e. The fraction of sp³-hybridized carbons (Fsp3) is 0.176. The number of methoxy groups -OCH3 is 1. The average molecular weight is 394 g/mol. The molecule has 0 fully saturated rings. The molecule has 6 heteroatoms. The van der Waals surface area contributed by atoms with Gasteiger partial charge in [-0.15, -0.1) is 0 Å². The van der Waals surface area contributed by atoms with Crippen LogP contribution in [0, 0.1) is 6.92 Å². The van der Waals surface area contributed by atoms with Crippen LogP contribution in [0.25, 0.3) is 10.9 Å². The minimum atomic E-state index is -0.0896. The molecule has 0 aliphatic carbocycles. The summed E-state index contributed by atoms with van der Waals surface area (Å²) in [6, 6.07) is 10.9. The van der Waals surface area contributed by atoms with Crippen molar-refractivity contribution in [1.29, 1.82) is 0 Å². The zero-order valence-corrected chi connectivity index (χ0v) is 15.0. The summed E-state index contributed by atoms with van der Waals surface area (Å²) in [5.41, 5.74) is 1.55. The van der Waals surface area contributed by atoms with Crippen molar-refractivity contribution in [2.45, 2.75) is 13.5 Å². The number of benzene rings is 2. The van der Waals surface area contributed by atoms with Crippen LogP contribution in [0.5, 0.6) is 5.75 Å². The standard InChI is InChI=1S/C17H14BrClN2O2/c1-10-20-15-8-14(18)16(23-2)7-13(15)17(22)21(10)9-11-3-5-12(19)6-4-11/h3-8H,9H2,1-2H3. The quantitative estimate of drug-likeness (QED) is 0.670. The summed E-state index contributed by atoms with van der Waals surface area (Å²) in [5, 5.41) is 1.20. The molecule has 4 nitrogen and oxygen atoms in total. The summed E-state index contributed by atoms with van der Waals surface area (Å²) < 4.78 is 7.70. The van der Waals surface area contributed by atoms with Gasteiger partial charge in [0.1, 0.15) is 11.6 Å². The predicted octanol–water partition coefficient (Wildman–Crippen LogP) is 4.18. The Kier molecular flexibility index (Phi) is 4.41. The molecule has 1 aromatic heterocycles. The van der Waals surface area contributed by atoms with Gasteiger partial charge in [0, 0.05) is 5.02 Å². The second-order valence-electron chi connectivity index (χ2n) is 5.18. The van der Waals surface area contributed by atoms with Gasteiger partial charge in [-0.3, -0.25) is 9.36 Å². The summed E-state index contributed by atoms with van der Waals surface area (Å²) in [5.74, 6) is 1.27. The Morgan fingerprint density at radius 3 is 2.61 bits per heavy atom. The van der Waals surface area contributed by atoms with Gasteiger partial charge in [0.25, 0.3) is 5.56 Å². The van der Waals surface area contributed by atoms with Crippen molar-refractivity contribution in [2.75, 3.05) is 7.11 Å². The molecule has 3 rings (SSSR count). The highest BCUT2D eigenvalue weighted by Crippen LogP contribution is 2.28. The van der Waals surface area contributed by atoms with Crippen molar-refractivity contribution in [2.24, 2.45) is 0 Å². The van der Waals surface area contributed by atoms with Crippen molar-refractivity contribution in [3.8, 4) is 5.75 Å². The maximum atomic E-state index is 12.8. The zero-order chi connectivity index (χ0) is 16.6. The van der Waals surface area contributed by atoms with Gasteiger partial charge < -0.3 is 4.74 Å². The summed E-state index contributed by atoms with van der Waals surface area (Å²) in [6.45, 7) is 2.28. The van der Waals surface area contributed by atoms with Crippen LogP contribution >= 0.6 is 27.5 Å². The topological polar surface area (TPSA) is 44.1 Å². The molecule has 0 aliphatic heterocycles. The van der Waals surface area contributed by atoms with E-state index >= 15 is 0 Å². The van der Waals surface area contributed by atoms with E-state index in [0.29, 0.717) is 34.0 Å². The van der Waals surface area contributed by atoms with Crippen LogP contribution in [0.3, 0.4) is 0 Å². The first-order chi connectivity index (χ1) is 11.0. The maximum Gasteiger partial charge on any atom is 0.261 e. The van der Waals surface area contributed by atoms with E-state index in [1.807, 2.05) is 31.2 Å². The molecule has 0 saturated heterocycles. The van der Waals surface area contributed by atoms with Crippen LogP contribution in [-0.2, 0) is 6.54 Å². The van der Waals surface area contributed by atoms with E-state index in [9.17, 15) is 4.79 Å². The SMILES string of the molecule is COc1cc2c(=O)n(Cc3ccc(Cl)cc3)c(C)nc2cc1Br. The van der Waals surface area contributed by atoms with Crippen molar-refractivity contribution in [3.63, 3.8) is 0 Å². The normalized spacial score (nSPS) is 11.0. The van der Waals surface area contributed by atoms with Crippen molar-refractivity contribution < 1.29 is 4.74 Å². The van der Waals surface area contributed by atoms with Gasteiger partial charge in [0.05, 0.1) is 29.0 Å². The lowest BCUT2D eigenvalue weighted by Gasteiger charge is -2.12. The summed E-state index contributed by atoms with van der Waals surface area (Å²) in [7, 11) is 1.57. The van der Waals surface area contributed by atoms with Crippen LogP contribution in [0.1, 0.15) is 11.4 Å². The van der Waals surface area contributed by atoms with Crippen LogP contribution in [0.15, 0.2) is 45.7 Å². The van der Waals surface area contributed by atoms with E-state index < -0.39 is 0 Å². The van der Waals surface area contributed by atoms with Crippen molar-refractivity contribution in [1.82, 2.24) is 9.55 Å². The van der Waals surface area contributed by atoms with Gasteiger partial charge in [0.2, 0.25) is 0 Å². The molecule has 0 N–H and O–H groups in total. The van der Waals surface area contributed by atoms with Gasteiger partial charge in [-0.25, -0.2) is 4.98 Å². The third-order valence-electron chi connectivity index (χ3n) is 3.67. The van der Waals surface area contributed by atoms with E-state index in [4.69, 9.17) is 16.3 Å². The molecular weight excluding hydrogens is 380 g/mol. The number of hydrogen-bond donors (Lipinski definition) is 0. The number of hydrogen-bond acceptors (Lipinski definition) is 3. The summed E-state index contributed by atoms with van der Waals surface area (Å²) >= 11 is 9.32. The molecule has 0 unspecified atom stereocenters. The van der Waals surface area contributed by atoms with E-state index in [2.05, 4.69) is 20.9 Å². The fourth-order valence-corrected chi connectivity index (χ4v) is 3.07. The van der Waals surface area contributed by atoms with Crippen LogP contribution in [-0.4, -0.2) is 16.7 Å². The first-order valence-corrected chi connectivity index (χ1v) is 8.16. The second-order valence-corrected chi connectivity index (χ2v) is 6.47. The lowest BCUT2D eigenvalue weighted by Crippen LogP contribution is -2.24. The van der Waals surface area contributed by atoms with E-state index in [-0.39, 0.29) is 5.56 Å². The molecule has 0 aliphatic rings. The smallest absolute Gasteiger partial charge is 0.261 e. The summed E-state index contributed by atoms with van der Waals surface area (Å²) in [4.78, 5) is 17.4. The molecule has 118 valence electrons. The number of aromatic nitrogens is 2. The fourth-order valence-electron chi connectivity index (χ4n) is 2.45. The van der Waals surface area contributed by atoms with E-state index in [1.54, 1.807) is 23.8 Å². The molecule has 3 aromatic rings. The van der Waals surface area contributed by atoms with Gasteiger partial charge in [0.15, 0.2) is 0 Å². The Morgan fingerprint density at radius 1 is 1.26 bits per heavy atom. The number of halogens is 2. The van der Waals surface area contributed by atoms with Crippen LogP contribution in [0.4, 0.5) is 0 Å². The molecule has 0 saturated carbocycles. The Bertz CT molecular complexity index is 936. The highest BCUT2D eigenvalue weighted by molar-refractivity contribution is 9.10. The third kappa shape index (κ3) is 3.12. The van der Waals surface area contributed by atoms with Gasteiger partial charge in [-0.2, -0.15) is 0 Å². The number of fused-ring (bicyclic) bond motifs is 1. The molecule has 0 amide bonds. The maximum absolute atomic E-state index is 12.8. The molecule has 0 spiro atoms. The summed E-state index contributed by atoms with van der Waals surface area (Å²) in [6.07, 6.45) is 0. The molecule has 0 atom stereocenters. The van der Waals surface area contributed by atoms with Crippen molar-refractivity contribution in [3.05, 3.63) is 67.6 Å². The first kappa shape index (κ1) is 16.0. The minimum Gasteiger partial charge on any atom is -0.496 e. The number of ether oxygens (including phenoxy) is 1. The molecule has 1 heterocycles. The lowest BCUT2D eigenvalue weighted by molar-refractivity contribution is 0.412.